The Morgan fingerprint density at radius 1 is 1.19 bits per heavy atom. The summed E-state index contributed by atoms with van der Waals surface area (Å²) < 4.78 is 39.2. The lowest BCUT2D eigenvalue weighted by molar-refractivity contribution is 0.379. The van der Waals surface area contributed by atoms with Crippen LogP contribution < -0.4 is 10.2 Å². The monoisotopic (exact) mass is 315 g/mol. The van der Waals surface area contributed by atoms with Gasteiger partial charge in [0.15, 0.2) is 0 Å². The van der Waals surface area contributed by atoms with Crippen molar-refractivity contribution in [2.75, 3.05) is 44.7 Å². The van der Waals surface area contributed by atoms with Crippen LogP contribution in [0.1, 0.15) is 6.92 Å². The van der Waals surface area contributed by atoms with Gasteiger partial charge in [0.25, 0.3) is 0 Å². The molecule has 0 radical (unpaired) electrons. The maximum absolute atomic E-state index is 12.9. The second kappa shape index (κ2) is 6.72. The number of halogens is 1. The molecule has 1 N–H and O–H groups in total. The Morgan fingerprint density at radius 2 is 1.76 bits per heavy atom. The highest BCUT2D eigenvalue weighted by Crippen LogP contribution is 2.19. The van der Waals surface area contributed by atoms with E-state index in [0.29, 0.717) is 32.7 Å². The number of hydrogen-bond donors (Lipinski definition) is 1. The van der Waals surface area contributed by atoms with Crippen molar-refractivity contribution in [2.45, 2.75) is 12.2 Å². The third-order valence-corrected chi connectivity index (χ3v) is 6.06. The zero-order valence-electron chi connectivity index (χ0n) is 12.4. The van der Waals surface area contributed by atoms with Gasteiger partial charge in [0, 0.05) is 38.4 Å². The summed E-state index contributed by atoms with van der Waals surface area (Å²) in [6, 6.07) is 6.30. The van der Waals surface area contributed by atoms with Crippen molar-refractivity contribution in [1.29, 1.82) is 0 Å². The molecule has 1 atom stereocenters. The van der Waals surface area contributed by atoms with E-state index in [1.165, 1.54) is 12.1 Å². The van der Waals surface area contributed by atoms with Crippen molar-refractivity contribution in [3.05, 3.63) is 30.1 Å². The molecular formula is C14H22FN3O2S. The van der Waals surface area contributed by atoms with Gasteiger partial charge in [-0.25, -0.2) is 12.8 Å². The molecule has 7 heteroatoms. The van der Waals surface area contributed by atoms with Crippen molar-refractivity contribution in [2.24, 2.45) is 0 Å². The molecule has 21 heavy (non-hydrogen) atoms. The molecule has 1 saturated heterocycles. The van der Waals surface area contributed by atoms with Crippen LogP contribution in [0.5, 0.6) is 0 Å². The molecule has 1 heterocycles. The van der Waals surface area contributed by atoms with Crippen molar-refractivity contribution < 1.29 is 12.8 Å². The normalized spacial score (nSPS) is 18.7. The van der Waals surface area contributed by atoms with Gasteiger partial charge >= 0.3 is 0 Å². The van der Waals surface area contributed by atoms with E-state index in [2.05, 4.69) is 10.2 Å². The fourth-order valence-corrected chi connectivity index (χ4v) is 4.06. The minimum atomic E-state index is -3.25. The van der Waals surface area contributed by atoms with Crippen LogP contribution in [0, 0.1) is 5.82 Å². The van der Waals surface area contributed by atoms with Crippen LogP contribution in [0.2, 0.25) is 0 Å². The van der Waals surface area contributed by atoms with Gasteiger partial charge in [-0.05, 0) is 38.2 Å². The van der Waals surface area contributed by atoms with E-state index in [1.807, 2.05) is 0 Å². The van der Waals surface area contributed by atoms with E-state index in [9.17, 15) is 12.8 Å². The number of nitrogens with one attached hydrogen (secondary N) is 1. The number of piperazine rings is 1. The molecule has 2 rings (SSSR count). The molecule has 1 aromatic rings. The fourth-order valence-electron chi connectivity index (χ4n) is 2.50. The maximum Gasteiger partial charge on any atom is 0.218 e. The van der Waals surface area contributed by atoms with Gasteiger partial charge in [-0.1, -0.05) is 0 Å². The molecule has 0 aliphatic carbocycles. The minimum absolute atomic E-state index is 0.263. The molecular weight excluding hydrogens is 293 g/mol. The average Bonchev–Trinajstić information content (AvgIpc) is 2.48. The van der Waals surface area contributed by atoms with Crippen LogP contribution in [0.4, 0.5) is 10.1 Å². The summed E-state index contributed by atoms with van der Waals surface area (Å²) in [5.74, 6) is -0.263. The molecule has 0 bridgehead atoms. The summed E-state index contributed by atoms with van der Waals surface area (Å²) in [6.07, 6.45) is 0. The summed E-state index contributed by atoms with van der Waals surface area (Å²) in [7, 11) is -1.50. The molecule has 1 aliphatic heterocycles. The van der Waals surface area contributed by atoms with E-state index in [4.69, 9.17) is 0 Å². The second-order valence-electron chi connectivity index (χ2n) is 5.28. The Bertz CT molecular complexity index is 554. The first kappa shape index (κ1) is 16.2. The standard InChI is InChI=1S/C14H22FN3O2S/c1-12(11-16-2)21(19,20)18-9-7-17(8-10-18)14-5-3-13(15)4-6-14/h3-6,12,16H,7-11H2,1-2H3. The highest BCUT2D eigenvalue weighted by molar-refractivity contribution is 7.89. The first-order chi connectivity index (χ1) is 9.95. The quantitative estimate of drug-likeness (QED) is 0.877. The van der Waals surface area contributed by atoms with Gasteiger partial charge < -0.3 is 10.2 Å². The summed E-state index contributed by atoms with van der Waals surface area (Å²) in [5, 5.41) is 2.47. The average molecular weight is 315 g/mol. The summed E-state index contributed by atoms with van der Waals surface area (Å²) in [4.78, 5) is 2.08. The molecule has 5 nitrogen and oxygen atoms in total. The Balaban J connectivity index is 1.98. The Hall–Kier alpha value is -1.18. The second-order valence-corrected chi connectivity index (χ2v) is 7.63. The van der Waals surface area contributed by atoms with Gasteiger partial charge in [0.2, 0.25) is 10.0 Å². The predicted molar refractivity (Wildman–Crippen MR) is 82.5 cm³/mol. The van der Waals surface area contributed by atoms with E-state index in [1.54, 1.807) is 30.4 Å². The Morgan fingerprint density at radius 3 is 2.29 bits per heavy atom. The number of rotatable bonds is 5. The summed E-state index contributed by atoms with van der Waals surface area (Å²) in [5.41, 5.74) is 0.928. The van der Waals surface area contributed by atoms with E-state index < -0.39 is 15.3 Å². The van der Waals surface area contributed by atoms with Gasteiger partial charge in [-0.15, -0.1) is 0 Å². The third-order valence-electron chi connectivity index (χ3n) is 3.79. The van der Waals surface area contributed by atoms with E-state index in [-0.39, 0.29) is 5.82 Å². The van der Waals surface area contributed by atoms with E-state index in [0.717, 1.165) is 5.69 Å². The van der Waals surface area contributed by atoms with Crippen molar-refractivity contribution in [1.82, 2.24) is 9.62 Å². The van der Waals surface area contributed by atoms with Crippen molar-refractivity contribution in [3.63, 3.8) is 0 Å². The van der Waals surface area contributed by atoms with E-state index >= 15 is 0 Å². The van der Waals surface area contributed by atoms with Crippen molar-refractivity contribution in [3.8, 4) is 0 Å². The van der Waals surface area contributed by atoms with Crippen LogP contribution in [0.25, 0.3) is 0 Å². The highest BCUT2D eigenvalue weighted by Gasteiger charge is 2.31. The van der Waals surface area contributed by atoms with Gasteiger partial charge in [-0.2, -0.15) is 4.31 Å². The molecule has 1 fully saturated rings. The fraction of sp³-hybridized carbons (Fsp3) is 0.571. The van der Waals surface area contributed by atoms with Gasteiger partial charge in [-0.3, -0.25) is 0 Å². The van der Waals surface area contributed by atoms with Crippen molar-refractivity contribution >= 4 is 15.7 Å². The topological polar surface area (TPSA) is 52.7 Å². The highest BCUT2D eigenvalue weighted by atomic mass is 32.2. The zero-order valence-corrected chi connectivity index (χ0v) is 13.2. The minimum Gasteiger partial charge on any atom is -0.369 e. The zero-order chi connectivity index (χ0) is 15.5. The van der Waals surface area contributed by atoms with Crippen LogP contribution in [-0.4, -0.2) is 57.7 Å². The molecule has 0 spiro atoms. The van der Waals surface area contributed by atoms with Crippen LogP contribution in [0.15, 0.2) is 24.3 Å². The number of anilines is 1. The lowest BCUT2D eigenvalue weighted by Gasteiger charge is -2.36. The summed E-state index contributed by atoms with van der Waals surface area (Å²) >= 11 is 0. The molecule has 0 amide bonds. The SMILES string of the molecule is CNCC(C)S(=O)(=O)N1CCN(c2ccc(F)cc2)CC1. The van der Waals surface area contributed by atoms with Gasteiger partial charge in [0.05, 0.1) is 5.25 Å². The number of nitrogens with zero attached hydrogens (tertiary/aromatic N) is 2. The number of hydrogen-bond acceptors (Lipinski definition) is 4. The molecule has 0 aromatic heterocycles. The lowest BCUT2D eigenvalue weighted by atomic mass is 10.2. The molecule has 1 aliphatic rings. The molecule has 1 unspecified atom stereocenters. The largest absolute Gasteiger partial charge is 0.369 e. The molecule has 0 saturated carbocycles. The Kier molecular flexibility index (Phi) is 5.18. The van der Waals surface area contributed by atoms with Crippen LogP contribution >= 0.6 is 0 Å². The van der Waals surface area contributed by atoms with Crippen LogP contribution in [-0.2, 0) is 10.0 Å². The maximum atomic E-state index is 12.9. The molecule has 1 aromatic carbocycles. The number of benzene rings is 1. The van der Waals surface area contributed by atoms with Gasteiger partial charge in [0.1, 0.15) is 5.82 Å². The first-order valence-electron chi connectivity index (χ1n) is 7.09. The molecule has 118 valence electrons. The smallest absolute Gasteiger partial charge is 0.218 e. The first-order valence-corrected chi connectivity index (χ1v) is 8.59. The Labute approximate surface area is 125 Å². The van der Waals surface area contributed by atoms with Crippen LogP contribution in [0.3, 0.4) is 0 Å². The lowest BCUT2D eigenvalue weighted by Crippen LogP contribution is -2.51. The summed E-state index contributed by atoms with van der Waals surface area (Å²) in [6.45, 7) is 4.34. The predicted octanol–water partition coefficient (Wildman–Crippen LogP) is 0.885. The number of sulfonamides is 1. The third kappa shape index (κ3) is 3.72.